The molecular weight excluding hydrogens is 312 g/mol. The van der Waals surface area contributed by atoms with E-state index in [1.54, 1.807) is 11.3 Å². The van der Waals surface area contributed by atoms with Crippen LogP contribution in [0.3, 0.4) is 0 Å². The Bertz CT molecular complexity index is 542. The molecule has 0 spiro atoms. The SMILES string of the molecule is Brc1cc2c(c(CNCc3cncs3)c1)OCC2. The van der Waals surface area contributed by atoms with Crippen LogP contribution in [0, 0.1) is 0 Å². The first-order valence-corrected chi connectivity index (χ1v) is 7.52. The molecule has 1 aliphatic rings. The molecule has 3 nitrogen and oxygen atoms in total. The van der Waals surface area contributed by atoms with Crippen LogP contribution in [0.5, 0.6) is 5.75 Å². The molecule has 1 aromatic heterocycles. The molecule has 5 heteroatoms. The first-order valence-electron chi connectivity index (χ1n) is 5.85. The van der Waals surface area contributed by atoms with Crippen molar-refractivity contribution in [2.75, 3.05) is 6.61 Å². The van der Waals surface area contributed by atoms with Gasteiger partial charge >= 0.3 is 0 Å². The Morgan fingerprint density at radius 1 is 1.39 bits per heavy atom. The van der Waals surface area contributed by atoms with Crippen molar-refractivity contribution in [2.24, 2.45) is 0 Å². The van der Waals surface area contributed by atoms with Crippen LogP contribution in [0.1, 0.15) is 16.0 Å². The van der Waals surface area contributed by atoms with Crippen LogP contribution in [-0.4, -0.2) is 11.6 Å². The molecule has 1 aromatic carbocycles. The van der Waals surface area contributed by atoms with Gasteiger partial charge in [0.25, 0.3) is 0 Å². The smallest absolute Gasteiger partial charge is 0.127 e. The van der Waals surface area contributed by atoms with Gasteiger partial charge in [0.05, 0.1) is 12.1 Å². The molecule has 0 aliphatic carbocycles. The van der Waals surface area contributed by atoms with E-state index >= 15 is 0 Å². The lowest BCUT2D eigenvalue weighted by Gasteiger charge is -2.09. The fourth-order valence-corrected chi connectivity index (χ4v) is 3.24. The van der Waals surface area contributed by atoms with E-state index in [2.05, 4.69) is 38.4 Å². The summed E-state index contributed by atoms with van der Waals surface area (Å²) in [7, 11) is 0. The number of ether oxygens (including phenoxy) is 1. The van der Waals surface area contributed by atoms with Gasteiger partial charge in [0.15, 0.2) is 0 Å². The van der Waals surface area contributed by atoms with Crippen LogP contribution < -0.4 is 10.1 Å². The van der Waals surface area contributed by atoms with Gasteiger partial charge in [-0.25, -0.2) is 0 Å². The predicted octanol–water partition coefficient (Wildman–Crippen LogP) is 3.13. The summed E-state index contributed by atoms with van der Waals surface area (Å²) in [4.78, 5) is 5.32. The first kappa shape index (κ1) is 12.1. The molecule has 0 radical (unpaired) electrons. The van der Waals surface area contributed by atoms with Gasteiger partial charge in [0.2, 0.25) is 0 Å². The highest BCUT2D eigenvalue weighted by Gasteiger charge is 2.17. The summed E-state index contributed by atoms with van der Waals surface area (Å²) in [6, 6.07) is 4.28. The second-order valence-electron chi connectivity index (χ2n) is 4.22. The van der Waals surface area contributed by atoms with Gasteiger partial charge in [-0.15, -0.1) is 11.3 Å². The van der Waals surface area contributed by atoms with E-state index in [1.165, 1.54) is 16.0 Å². The van der Waals surface area contributed by atoms with E-state index in [-0.39, 0.29) is 0 Å². The summed E-state index contributed by atoms with van der Waals surface area (Å²) in [6.07, 6.45) is 2.91. The molecule has 0 saturated carbocycles. The predicted molar refractivity (Wildman–Crippen MR) is 76.0 cm³/mol. The fraction of sp³-hybridized carbons (Fsp3) is 0.308. The molecule has 18 heavy (non-hydrogen) atoms. The molecule has 0 amide bonds. The van der Waals surface area contributed by atoms with E-state index in [9.17, 15) is 0 Å². The minimum Gasteiger partial charge on any atom is -0.493 e. The maximum Gasteiger partial charge on any atom is 0.127 e. The topological polar surface area (TPSA) is 34.2 Å². The van der Waals surface area contributed by atoms with Gasteiger partial charge in [0, 0.05) is 40.6 Å². The highest BCUT2D eigenvalue weighted by molar-refractivity contribution is 9.10. The van der Waals surface area contributed by atoms with Crippen LogP contribution in [0.2, 0.25) is 0 Å². The van der Waals surface area contributed by atoms with Crippen molar-refractivity contribution >= 4 is 27.3 Å². The average Bonchev–Trinajstić information content (AvgIpc) is 2.98. The van der Waals surface area contributed by atoms with Crippen LogP contribution in [0.15, 0.2) is 28.3 Å². The van der Waals surface area contributed by atoms with Gasteiger partial charge in [-0.1, -0.05) is 15.9 Å². The molecule has 3 rings (SSSR count). The number of halogens is 1. The van der Waals surface area contributed by atoms with Crippen LogP contribution >= 0.6 is 27.3 Å². The Morgan fingerprint density at radius 2 is 2.33 bits per heavy atom. The van der Waals surface area contributed by atoms with Crippen molar-refractivity contribution in [3.8, 4) is 5.75 Å². The van der Waals surface area contributed by atoms with E-state index in [0.29, 0.717) is 0 Å². The van der Waals surface area contributed by atoms with Crippen LogP contribution in [0.4, 0.5) is 0 Å². The lowest BCUT2D eigenvalue weighted by atomic mass is 10.1. The van der Waals surface area contributed by atoms with Crippen molar-refractivity contribution in [2.45, 2.75) is 19.5 Å². The molecule has 1 aliphatic heterocycles. The molecule has 2 heterocycles. The molecule has 1 N–H and O–H groups in total. The molecule has 0 fully saturated rings. The molecule has 0 bridgehead atoms. The van der Waals surface area contributed by atoms with Crippen molar-refractivity contribution in [3.63, 3.8) is 0 Å². The summed E-state index contributed by atoms with van der Waals surface area (Å²) in [5, 5.41) is 3.43. The van der Waals surface area contributed by atoms with Crippen molar-refractivity contribution in [3.05, 3.63) is 44.3 Å². The largest absolute Gasteiger partial charge is 0.493 e. The number of nitrogens with one attached hydrogen (secondary N) is 1. The van der Waals surface area contributed by atoms with E-state index in [0.717, 1.165) is 36.3 Å². The Labute approximate surface area is 118 Å². The highest BCUT2D eigenvalue weighted by atomic mass is 79.9. The molecule has 0 saturated heterocycles. The molecule has 94 valence electrons. The Morgan fingerprint density at radius 3 is 3.17 bits per heavy atom. The Balaban J connectivity index is 1.69. The lowest BCUT2D eigenvalue weighted by molar-refractivity contribution is 0.352. The van der Waals surface area contributed by atoms with E-state index in [1.807, 2.05) is 11.7 Å². The third-order valence-corrected chi connectivity index (χ3v) is 4.16. The second kappa shape index (κ2) is 5.38. The average molecular weight is 325 g/mol. The summed E-state index contributed by atoms with van der Waals surface area (Å²) >= 11 is 5.23. The molecule has 0 atom stereocenters. The van der Waals surface area contributed by atoms with Crippen LogP contribution in [-0.2, 0) is 19.5 Å². The fourth-order valence-electron chi connectivity index (χ4n) is 2.13. The standard InChI is InChI=1S/C13H13BrN2OS/c14-11-3-9-1-2-17-13(9)10(4-11)5-15-6-12-7-16-8-18-12/h3-4,7-8,15H,1-2,5-6H2. The molecule has 2 aromatic rings. The lowest BCUT2D eigenvalue weighted by Crippen LogP contribution is -2.12. The van der Waals surface area contributed by atoms with Gasteiger partial charge in [0.1, 0.15) is 5.75 Å². The van der Waals surface area contributed by atoms with Gasteiger partial charge in [-0.2, -0.15) is 0 Å². The third-order valence-electron chi connectivity index (χ3n) is 2.92. The number of aromatic nitrogens is 1. The monoisotopic (exact) mass is 324 g/mol. The number of fused-ring (bicyclic) bond motifs is 1. The third kappa shape index (κ3) is 2.58. The zero-order valence-electron chi connectivity index (χ0n) is 9.78. The summed E-state index contributed by atoms with van der Waals surface area (Å²) in [6.45, 7) is 2.47. The van der Waals surface area contributed by atoms with Gasteiger partial charge < -0.3 is 10.1 Å². The van der Waals surface area contributed by atoms with Crippen molar-refractivity contribution in [1.82, 2.24) is 10.3 Å². The maximum absolute atomic E-state index is 5.70. The van der Waals surface area contributed by atoms with Gasteiger partial charge in [-0.05, 0) is 17.7 Å². The summed E-state index contributed by atoms with van der Waals surface area (Å²) < 4.78 is 6.83. The first-order chi connectivity index (χ1) is 8.83. The Kier molecular flexibility index (Phi) is 3.63. The Hall–Kier alpha value is -0.910. The van der Waals surface area contributed by atoms with Crippen molar-refractivity contribution < 1.29 is 4.74 Å². The minimum absolute atomic E-state index is 0.799. The van der Waals surface area contributed by atoms with Crippen LogP contribution in [0.25, 0.3) is 0 Å². The number of rotatable bonds is 4. The van der Waals surface area contributed by atoms with E-state index < -0.39 is 0 Å². The zero-order chi connectivity index (χ0) is 12.4. The number of hydrogen-bond donors (Lipinski definition) is 1. The normalized spacial score (nSPS) is 13.4. The summed E-state index contributed by atoms with van der Waals surface area (Å²) in [5.41, 5.74) is 4.39. The highest BCUT2D eigenvalue weighted by Crippen LogP contribution is 2.32. The number of nitrogens with zero attached hydrogens (tertiary/aromatic N) is 1. The quantitative estimate of drug-likeness (QED) is 0.938. The number of thiazole rings is 1. The zero-order valence-corrected chi connectivity index (χ0v) is 12.2. The summed E-state index contributed by atoms with van der Waals surface area (Å²) in [5.74, 6) is 1.06. The number of hydrogen-bond acceptors (Lipinski definition) is 4. The second-order valence-corrected chi connectivity index (χ2v) is 6.11. The maximum atomic E-state index is 5.70. The molecule has 0 unspecified atom stereocenters. The van der Waals surface area contributed by atoms with Crippen molar-refractivity contribution in [1.29, 1.82) is 0 Å². The molecular formula is C13H13BrN2OS. The van der Waals surface area contributed by atoms with E-state index in [4.69, 9.17) is 4.74 Å². The minimum atomic E-state index is 0.799. The number of benzene rings is 1. The van der Waals surface area contributed by atoms with Gasteiger partial charge in [-0.3, -0.25) is 4.98 Å².